The van der Waals surface area contributed by atoms with Crippen molar-refractivity contribution in [2.75, 3.05) is 14.1 Å². The van der Waals surface area contributed by atoms with Crippen LogP contribution in [-0.4, -0.2) is 63.9 Å². The number of hydrogen-bond acceptors (Lipinski definition) is 4. The van der Waals surface area contributed by atoms with Crippen molar-refractivity contribution < 1.29 is 19.2 Å². The van der Waals surface area contributed by atoms with Gasteiger partial charge < -0.3 is 15.1 Å². The van der Waals surface area contributed by atoms with Gasteiger partial charge in [-0.05, 0) is 26.8 Å². The second-order valence-electron chi connectivity index (χ2n) is 5.80. The Morgan fingerprint density at radius 3 is 2.32 bits per heavy atom. The number of fused-ring (bicyclic) bond motifs is 1. The Morgan fingerprint density at radius 1 is 1.18 bits per heavy atom. The van der Waals surface area contributed by atoms with Gasteiger partial charge in [0.1, 0.15) is 0 Å². The summed E-state index contributed by atoms with van der Waals surface area (Å²) in [4.78, 5) is 52.3. The molecule has 0 saturated carbocycles. The maximum atomic E-state index is 12.5. The Hall–Kier alpha value is -2.38. The maximum absolute atomic E-state index is 12.5. The van der Waals surface area contributed by atoms with E-state index >= 15 is 0 Å². The molecule has 5 amide bonds. The summed E-state index contributed by atoms with van der Waals surface area (Å²) in [5, 5.41) is 2.68. The first-order valence-corrected chi connectivity index (χ1v) is 6.93. The molecule has 2 heterocycles. The van der Waals surface area contributed by atoms with Gasteiger partial charge in [-0.2, -0.15) is 0 Å². The van der Waals surface area contributed by atoms with Gasteiger partial charge in [-0.25, -0.2) is 14.5 Å². The first kappa shape index (κ1) is 16.0. The van der Waals surface area contributed by atoms with Crippen LogP contribution < -0.4 is 5.32 Å². The summed E-state index contributed by atoms with van der Waals surface area (Å²) < 4.78 is 0. The fraction of sp³-hybridized carbons (Fsp3) is 0.571. The first-order valence-electron chi connectivity index (χ1n) is 6.93. The summed E-state index contributed by atoms with van der Waals surface area (Å²) in [6.45, 7) is 4.97. The Balaban J connectivity index is 2.41. The summed E-state index contributed by atoms with van der Waals surface area (Å²) in [5.41, 5.74) is -2.27. The molecule has 0 aliphatic carbocycles. The van der Waals surface area contributed by atoms with Gasteiger partial charge in [0.25, 0.3) is 0 Å². The molecule has 22 heavy (non-hydrogen) atoms. The number of carbonyl (C=O) groups is 4. The summed E-state index contributed by atoms with van der Waals surface area (Å²) in [5.74, 6) is -1.03. The fourth-order valence-corrected chi connectivity index (χ4v) is 3.11. The molecule has 8 heteroatoms. The van der Waals surface area contributed by atoms with E-state index in [1.165, 1.54) is 29.0 Å². The number of carbonyl (C=O) groups excluding carboxylic acids is 4. The highest BCUT2D eigenvalue weighted by atomic mass is 16.2. The molecule has 0 aromatic rings. The van der Waals surface area contributed by atoms with Crippen LogP contribution in [0.5, 0.6) is 0 Å². The molecule has 0 aromatic heterocycles. The van der Waals surface area contributed by atoms with E-state index in [1.807, 2.05) is 0 Å². The number of allylic oxidation sites excluding steroid dienone is 2. The van der Waals surface area contributed by atoms with E-state index in [1.54, 1.807) is 27.8 Å². The zero-order valence-corrected chi connectivity index (χ0v) is 13.3. The predicted octanol–water partition coefficient (Wildman–Crippen LogP) is 0.503. The number of hydrogen-bond donors (Lipinski definition) is 1. The summed E-state index contributed by atoms with van der Waals surface area (Å²) >= 11 is 0. The summed E-state index contributed by atoms with van der Waals surface area (Å²) in [6, 6.07) is -0.933. The molecule has 0 radical (unpaired) electrons. The lowest BCUT2D eigenvalue weighted by molar-refractivity contribution is -0.136. The van der Waals surface area contributed by atoms with Crippen molar-refractivity contribution in [3.05, 3.63) is 12.2 Å². The number of ketones is 1. The molecule has 2 saturated heterocycles. The Labute approximate surface area is 128 Å². The van der Waals surface area contributed by atoms with Gasteiger partial charge in [-0.3, -0.25) is 9.59 Å². The van der Waals surface area contributed by atoms with Crippen molar-refractivity contribution in [3.63, 3.8) is 0 Å². The van der Waals surface area contributed by atoms with Gasteiger partial charge in [-0.1, -0.05) is 6.08 Å². The van der Waals surface area contributed by atoms with Crippen LogP contribution in [0.3, 0.4) is 0 Å². The zero-order chi connectivity index (χ0) is 16.9. The number of nitrogens with zero attached hydrogens (tertiary/aromatic N) is 3. The van der Waals surface area contributed by atoms with Crippen LogP contribution in [-0.2, 0) is 9.59 Å². The number of imide groups is 1. The standard InChI is InChI=1S/C14H20N4O4/c1-6-7-9(19)8-10(20)18-12(22)17(5)14(3)13(18,2)15-11(21)16(14)4/h6-7H,8H2,1-5H3,(H,15,21)/b7-6+/t13-,14+/m1/s1. The highest BCUT2D eigenvalue weighted by Gasteiger charge is 2.70. The lowest BCUT2D eigenvalue weighted by Gasteiger charge is -2.40. The second kappa shape index (κ2) is 4.82. The van der Waals surface area contributed by atoms with Crippen LogP contribution in [0.2, 0.25) is 0 Å². The summed E-state index contributed by atoms with van der Waals surface area (Å²) in [6.07, 6.45) is 2.39. The van der Waals surface area contributed by atoms with Gasteiger partial charge in [0.2, 0.25) is 5.91 Å². The Morgan fingerprint density at radius 2 is 1.77 bits per heavy atom. The molecule has 2 atom stereocenters. The van der Waals surface area contributed by atoms with Gasteiger partial charge in [0, 0.05) is 14.1 Å². The molecule has 0 unspecified atom stereocenters. The van der Waals surface area contributed by atoms with Crippen molar-refractivity contribution in [2.24, 2.45) is 0 Å². The predicted molar refractivity (Wildman–Crippen MR) is 77.5 cm³/mol. The van der Waals surface area contributed by atoms with Gasteiger partial charge in [0.15, 0.2) is 17.1 Å². The van der Waals surface area contributed by atoms with Crippen LogP contribution in [0.15, 0.2) is 12.2 Å². The third kappa shape index (κ3) is 1.76. The van der Waals surface area contributed by atoms with Crippen molar-refractivity contribution in [1.82, 2.24) is 20.0 Å². The third-order valence-electron chi connectivity index (χ3n) is 4.74. The number of amides is 5. The topological polar surface area (TPSA) is 90.0 Å². The van der Waals surface area contributed by atoms with E-state index in [0.29, 0.717) is 0 Å². The first-order chi connectivity index (χ1) is 10.1. The molecule has 0 aromatic carbocycles. The number of likely N-dealkylation sites (N-methyl/N-ethyl adjacent to an activating group) is 2. The largest absolute Gasteiger partial charge is 0.330 e. The number of urea groups is 2. The molecular weight excluding hydrogens is 288 g/mol. The minimum atomic E-state index is -1.24. The maximum Gasteiger partial charge on any atom is 0.330 e. The fourth-order valence-electron chi connectivity index (χ4n) is 3.11. The minimum Gasteiger partial charge on any atom is -0.311 e. The van der Waals surface area contributed by atoms with Crippen LogP contribution in [0.25, 0.3) is 0 Å². The highest BCUT2D eigenvalue weighted by Crippen LogP contribution is 2.44. The smallest absolute Gasteiger partial charge is 0.311 e. The lowest BCUT2D eigenvalue weighted by Crippen LogP contribution is -2.64. The molecule has 0 bridgehead atoms. The Kier molecular flexibility index (Phi) is 3.51. The lowest BCUT2D eigenvalue weighted by atomic mass is 9.96. The van der Waals surface area contributed by atoms with Crippen LogP contribution in [0, 0.1) is 0 Å². The van der Waals surface area contributed by atoms with Crippen molar-refractivity contribution in [2.45, 2.75) is 38.5 Å². The van der Waals surface area contributed by atoms with E-state index < -0.39 is 35.5 Å². The highest BCUT2D eigenvalue weighted by molar-refractivity contribution is 6.09. The van der Waals surface area contributed by atoms with Crippen LogP contribution in [0.1, 0.15) is 27.2 Å². The molecule has 0 spiro atoms. The molecule has 2 fully saturated rings. The average Bonchev–Trinajstić information content (AvgIpc) is 2.68. The van der Waals surface area contributed by atoms with Crippen molar-refractivity contribution in [3.8, 4) is 0 Å². The molecule has 2 rings (SSSR count). The zero-order valence-electron chi connectivity index (χ0n) is 13.3. The van der Waals surface area contributed by atoms with Crippen LogP contribution >= 0.6 is 0 Å². The number of nitrogens with one attached hydrogen (secondary N) is 1. The van der Waals surface area contributed by atoms with E-state index in [0.717, 1.165) is 4.90 Å². The monoisotopic (exact) mass is 308 g/mol. The van der Waals surface area contributed by atoms with Gasteiger partial charge in [-0.15, -0.1) is 0 Å². The molecule has 8 nitrogen and oxygen atoms in total. The molecular formula is C14H20N4O4. The van der Waals surface area contributed by atoms with Gasteiger partial charge in [0.05, 0.1) is 6.42 Å². The van der Waals surface area contributed by atoms with Crippen molar-refractivity contribution >= 4 is 23.8 Å². The molecule has 120 valence electrons. The second-order valence-corrected chi connectivity index (χ2v) is 5.80. The molecule has 1 N–H and O–H groups in total. The minimum absolute atomic E-state index is 0.387. The molecule has 2 aliphatic rings. The normalized spacial score (nSPS) is 31.0. The van der Waals surface area contributed by atoms with E-state index in [-0.39, 0.29) is 6.03 Å². The Bertz CT molecular complexity index is 602. The van der Waals surface area contributed by atoms with Gasteiger partial charge >= 0.3 is 12.1 Å². The van der Waals surface area contributed by atoms with E-state index in [9.17, 15) is 19.2 Å². The average molecular weight is 308 g/mol. The SMILES string of the molecule is C/C=C/C(=O)CC(=O)N1C(=O)N(C)[C@]2(C)N(C)C(=O)N[C@]12C. The molecule has 2 aliphatic heterocycles. The summed E-state index contributed by atoms with van der Waals surface area (Å²) in [7, 11) is 3.09. The van der Waals surface area contributed by atoms with E-state index in [2.05, 4.69) is 5.32 Å². The van der Waals surface area contributed by atoms with Crippen molar-refractivity contribution in [1.29, 1.82) is 0 Å². The number of rotatable bonds is 3. The quantitative estimate of drug-likeness (QED) is 0.607. The van der Waals surface area contributed by atoms with E-state index in [4.69, 9.17) is 0 Å². The van der Waals surface area contributed by atoms with Crippen LogP contribution in [0.4, 0.5) is 9.59 Å². The third-order valence-corrected chi connectivity index (χ3v) is 4.74.